The molecule has 0 N–H and O–H groups in total. The number of rotatable bonds is 4. The SMILES string of the molecule is Cc1cc(N2CC3CC(C2)N3Cc2ccc([N+](=O)[O-])cc2)nc(C)n1. The Bertz CT molecular complexity index is 775. The second kappa shape index (κ2) is 6.07. The molecule has 3 fully saturated rings. The highest BCUT2D eigenvalue weighted by Crippen LogP contribution is 2.35. The Balaban J connectivity index is 1.42. The highest BCUT2D eigenvalue weighted by Gasteiger charge is 2.44. The Hall–Kier alpha value is -2.54. The van der Waals surface area contributed by atoms with Crippen LogP contribution >= 0.6 is 0 Å². The van der Waals surface area contributed by atoms with Crippen molar-refractivity contribution in [2.75, 3.05) is 18.0 Å². The van der Waals surface area contributed by atoms with Crippen LogP contribution in [0.5, 0.6) is 0 Å². The molecular formula is C18H21N5O2. The van der Waals surface area contributed by atoms with E-state index < -0.39 is 0 Å². The van der Waals surface area contributed by atoms with E-state index in [1.54, 1.807) is 12.1 Å². The van der Waals surface area contributed by atoms with Gasteiger partial charge < -0.3 is 4.90 Å². The van der Waals surface area contributed by atoms with Crippen molar-refractivity contribution in [3.8, 4) is 0 Å². The Morgan fingerprint density at radius 3 is 2.44 bits per heavy atom. The maximum absolute atomic E-state index is 10.8. The zero-order chi connectivity index (χ0) is 17.6. The molecule has 0 saturated carbocycles. The summed E-state index contributed by atoms with van der Waals surface area (Å²) in [6.45, 7) is 6.73. The van der Waals surface area contributed by atoms with Gasteiger partial charge in [-0.2, -0.15) is 0 Å². The van der Waals surface area contributed by atoms with Crippen LogP contribution < -0.4 is 4.90 Å². The van der Waals surface area contributed by atoms with Gasteiger partial charge in [0.1, 0.15) is 11.6 Å². The predicted molar refractivity (Wildman–Crippen MR) is 94.6 cm³/mol. The summed E-state index contributed by atoms with van der Waals surface area (Å²) in [5.74, 6) is 1.84. The van der Waals surface area contributed by atoms with Crippen molar-refractivity contribution in [2.24, 2.45) is 0 Å². The molecule has 2 bridgehead atoms. The number of benzene rings is 1. The van der Waals surface area contributed by atoms with Gasteiger partial charge in [-0.15, -0.1) is 0 Å². The van der Waals surface area contributed by atoms with Crippen LogP contribution in [0.1, 0.15) is 23.5 Å². The number of non-ortho nitro benzene ring substituents is 1. The van der Waals surface area contributed by atoms with Gasteiger partial charge in [0.05, 0.1) is 4.92 Å². The van der Waals surface area contributed by atoms with Crippen LogP contribution in [0, 0.1) is 24.0 Å². The molecule has 2 unspecified atom stereocenters. The summed E-state index contributed by atoms with van der Waals surface area (Å²) in [6.07, 6.45) is 1.21. The summed E-state index contributed by atoms with van der Waals surface area (Å²) in [7, 11) is 0. The molecule has 4 heterocycles. The van der Waals surface area contributed by atoms with E-state index in [9.17, 15) is 10.1 Å². The number of piperidine rings is 1. The summed E-state index contributed by atoms with van der Waals surface area (Å²) in [5.41, 5.74) is 2.28. The van der Waals surface area contributed by atoms with Crippen molar-refractivity contribution in [3.05, 3.63) is 57.5 Å². The number of hydrogen-bond acceptors (Lipinski definition) is 6. The minimum Gasteiger partial charge on any atom is -0.353 e. The quantitative estimate of drug-likeness (QED) is 0.629. The lowest BCUT2D eigenvalue weighted by atomic mass is 9.86. The first-order chi connectivity index (χ1) is 12.0. The first-order valence-electron chi connectivity index (χ1n) is 8.56. The van der Waals surface area contributed by atoms with E-state index in [4.69, 9.17) is 0 Å². The molecule has 7 nitrogen and oxygen atoms in total. The average Bonchev–Trinajstić information content (AvgIpc) is 2.59. The fourth-order valence-electron chi connectivity index (χ4n) is 3.93. The van der Waals surface area contributed by atoms with Gasteiger partial charge in [0.2, 0.25) is 0 Å². The Kier molecular flexibility index (Phi) is 3.88. The standard InChI is InChI=1S/C18H21N5O2/c1-12-7-18(20-13(2)19-12)21-10-16-8-17(11-21)22(16)9-14-3-5-15(6-4-14)23(24)25/h3-7,16-17H,8-11H2,1-2H3. The second-order valence-electron chi connectivity index (χ2n) is 6.96. The first kappa shape index (κ1) is 16.0. The molecule has 0 amide bonds. The van der Waals surface area contributed by atoms with E-state index >= 15 is 0 Å². The van der Waals surface area contributed by atoms with Gasteiger partial charge in [-0.3, -0.25) is 15.0 Å². The average molecular weight is 339 g/mol. The molecule has 1 aromatic carbocycles. The molecule has 3 saturated heterocycles. The largest absolute Gasteiger partial charge is 0.353 e. The number of piperazine rings is 1. The minimum absolute atomic E-state index is 0.147. The minimum atomic E-state index is -0.355. The van der Waals surface area contributed by atoms with E-state index in [0.717, 1.165) is 42.5 Å². The van der Waals surface area contributed by atoms with Crippen LogP contribution in [0.3, 0.4) is 0 Å². The molecule has 3 aliphatic rings. The summed E-state index contributed by atoms with van der Waals surface area (Å²) in [5, 5.41) is 10.8. The summed E-state index contributed by atoms with van der Waals surface area (Å²) >= 11 is 0. The molecule has 0 aliphatic carbocycles. The molecule has 1 aromatic heterocycles. The van der Waals surface area contributed by atoms with Crippen molar-refractivity contribution in [2.45, 2.75) is 38.9 Å². The lowest BCUT2D eigenvalue weighted by molar-refractivity contribution is -0.384. The second-order valence-corrected chi connectivity index (χ2v) is 6.96. The Morgan fingerprint density at radius 2 is 1.84 bits per heavy atom. The summed E-state index contributed by atoms with van der Waals surface area (Å²) in [4.78, 5) is 24.2. The Morgan fingerprint density at radius 1 is 1.16 bits per heavy atom. The number of anilines is 1. The summed E-state index contributed by atoms with van der Waals surface area (Å²) < 4.78 is 0. The fraction of sp³-hybridized carbons (Fsp3) is 0.444. The van der Waals surface area contributed by atoms with Gasteiger partial charge in [-0.1, -0.05) is 12.1 Å². The van der Waals surface area contributed by atoms with E-state index in [1.807, 2.05) is 26.0 Å². The van der Waals surface area contributed by atoms with E-state index in [2.05, 4.69) is 25.8 Å². The molecule has 25 heavy (non-hydrogen) atoms. The lowest BCUT2D eigenvalue weighted by Crippen LogP contribution is -2.68. The highest BCUT2D eigenvalue weighted by atomic mass is 16.6. The van der Waals surface area contributed by atoms with Gasteiger partial charge in [0, 0.05) is 55.6 Å². The number of fused-ring (bicyclic) bond motifs is 2. The predicted octanol–water partition coefficient (Wildman–Crippen LogP) is 2.46. The zero-order valence-corrected chi connectivity index (χ0v) is 14.4. The molecule has 7 heteroatoms. The third kappa shape index (κ3) is 3.07. The molecule has 0 spiro atoms. The van der Waals surface area contributed by atoms with Gasteiger partial charge in [-0.25, -0.2) is 9.97 Å². The fourth-order valence-corrected chi connectivity index (χ4v) is 3.93. The number of aromatic nitrogens is 2. The molecule has 0 radical (unpaired) electrons. The van der Waals surface area contributed by atoms with Crippen LogP contribution in [-0.2, 0) is 6.54 Å². The number of nitrogens with zero attached hydrogens (tertiary/aromatic N) is 5. The molecular weight excluding hydrogens is 318 g/mol. The van der Waals surface area contributed by atoms with Crippen LogP contribution in [0.15, 0.2) is 30.3 Å². The van der Waals surface area contributed by atoms with Crippen molar-refractivity contribution in [3.63, 3.8) is 0 Å². The third-order valence-corrected chi connectivity index (χ3v) is 5.13. The van der Waals surface area contributed by atoms with E-state index in [0.29, 0.717) is 12.1 Å². The topological polar surface area (TPSA) is 75.4 Å². The van der Waals surface area contributed by atoms with Crippen molar-refractivity contribution < 1.29 is 4.92 Å². The lowest BCUT2D eigenvalue weighted by Gasteiger charge is -2.56. The molecule has 2 aromatic rings. The van der Waals surface area contributed by atoms with Crippen molar-refractivity contribution in [1.29, 1.82) is 0 Å². The Labute approximate surface area is 146 Å². The number of nitro groups is 1. The van der Waals surface area contributed by atoms with Crippen molar-refractivity contribution >= 4 is 11.5 Å². The van der Waals surface area contributed by atoms with Gasteiger partial charge in [0.25, 0.3) is 5.69 Å². The van der Waals surface area contributed by atoms with Crippen LogP contribution in [0.25, 0.3) is 0 Å². The normalized spacial score (nSPS) is 22.6. The smallest absolute Gasteiger partial charge is 0.269 e. The van der Waals surface area contributed by atoms with Gasteiger partial charge in [0.15, 0.2) is 0 Å². The summed E-state index contributed by atoms with van der Waals surface area (Å²) in [6, 6.07) is 9.99. The van der Waals surface area contributed by atoms with Gasteiger partial charge >= 0.3 is 0 Å². The van der Waals surface area contributed by atoms with Crippen LogP contribution in [0.2, 0.25) is 0 Å². The number of aryl methyl sites for hydroxylation is 2. The van der Waals surface area contributed by atoms with Gasteiger partial charge in [-0.05, 0) is 25.8 Å². The maximum Gasteiger partial charge on any atom is 0.269 e. The zero-order valence-electron chi connectivity index (χ0n) is 14.4. The van der Waals surface area contributed by atoms with E-state index in [-0.39, 0.29) is 10.6 Å². The molecule has 3 aliphatic heterocycles. The van der Waals surface area contributed by atoms with E-state index in [1.165, 1.54) is 6.42 Å². The number of hydrogen-bond donors (Lipinski definition) is 0. The first-order valence-corrected chi connectivity index (χ1v) is 8.56. The van der Waals surface area contributed by atoms with Crippen molar-refractivity contribution in [1.82, 2.24) is 14.9 Å². The molecule has 130 valence electrons. The highest BCUT2D eigenvalue weighted by molar-refractivity contribution is 5.42. The maximum atomic E-state index is 10.8. The molecule has 5 rings (SSSR count). The van der Waals surface area contributed by atoms with Crippen LogP contribution in [0.4, 0.5) is 11.5 Å². The molecule has 2 atom stereocenters. The number of nitro benzene ring substituents is 1. The monoisotopic (exact) mass is 339 g/mol. The van der Waals surface area contributed by atoms with Crippen LogP contribution in [-0.4, -0.2) is 45.0 Å². The third-order valence-electron chi connectivity index (χ3n) is 5.13.